The summed E-state index contributed by atoms with van der Waals surface area (Å²) in [5.41, 5.74) is 3.25. The molecule has 1 amide bonds. The van der Waals surface area contributed by atoms with Crippen LogP contribution in [0.15, 0.2) is 53.6 Å². The first-order chi connectivity index (χ1) is 11.8. The Morgan fingerprint density at radius 2 is 2.00 bits per heavy atom. The van der Waals surface area contributed by atoms with Crippen molar-refractivity contribution in [2.24, 2.45) is 5.10 Å². The lowest BCUT2D eigenvalue weighted by atomic mass is 10.2. The molecule has 6 heteroatoms. The van der Waals surface area contributed by atoms with Crippen molar-refractivity contribution in [1.29, 1.82) is 0 Å². The minimum Gasteiger partial charge on any atom is -0.493 e. The number of hydrogen-bond donors (Lipinski definition) is 1. The van der Waals surface area contributed by atoms with E-state index in [2.05, 4.69) is 10.5 Å². The molecule has 1 heterocycles. The number of ether oxygens (including phenoxy) is 3. The van der Waals surface area contributed by atoms with E-state index in [1.54, 1.807) is 18.3 Å². The number of carbonyl (C=O) groups excluding carboxylic acids is 1. The Labute approximate surface area is 140 Å². The molecule has 24 heavy (non-hydrogen) atoms. The van der Waals surface area contributed by atoms with Crippen LogP contribution in [0.5, 0.6) is 17.2 Å². The monoisotopic (exact) mass is 326 g/mol. The van der Waals surface area contributed by atoms with E-state index in [4.69, 9.17) is 14.2 Å². The number of rotatable bonds is 5. The SMILES string of the molecule is CCOc1ccccc1C=NNC(=O)C1COc2ccccc2O1. The second-order valence-corrected chi connectivity index (χ2v) is 5.07. The molecule has 0 aromatic heterocycles. The molecule has 0 saturated heterocycles. The summed E-state index contributed by atoms with van der Waals surface area (Å²) in [7, 11) is 0. The van der Waals surface area contributed by atoms with E-state index in [1.807, 2.05) is 43.3 Å². The molecule has 0 radical (unpaired) electrons. The fraction of sp³-hybridized carbons (Fsp3) is 0.222. The van der Waals surface area contributed by atoms with E-state index < -0.39 is 6.10 Å². The van der Waals surface area contributed by atoms with Crippen molar-refractivity contribution in [3.05, 3.63) is 54.1 Å². The molecule has 0 saturated carbocycles. The Kier molecular flexibility index (Phi) is 4.96. The average Bonchev–Trinajstić information content (AvgIpc) is 2.63. The summed E-state index contributed by atoms with van der Waals surface area (Å²) in [6.07, 6.45) is 0.805. The van der Waals surface area contributed by atoms with E-state index in [0.29, 0.717) is 23.9 Å². The van der Waals surface area contributed by atoms with Crippen LogP contribution in [0.4, 0.5) is 0 Å². The highest BCUT2D eigenvalue weighted by molar-refractivity contribution is 5.86. The van der Waals surface area contributed by atoms with Crippen LogP contribution in [0.25, 0.3) is 0 Å². The lowest BCUT2D eigenvalue weighted by molar-refractivity contribution is -0.130. The van der Waals surface area contributed by atoms with Gasteiger partial charge in [0.25, 0.3) is 5.91 Å². The number of nitrogens with zero attached hydrogens (tertiary/aromatic N) is 1. The molecule has 1 aliphatic heterocycles. The molecule has 0 aliphatic carbocycles. The number of para-hydroxylation sites is 3. The maximum absolute atomic E-state index is 12.1. The molecule has 6 nitrogen and oxygen atoms in total. The van der Waals surface area contributed by atoms with Gasteiger partial charge < -0.3 is 14.2 Å². The quantitative estimate of drug-likeness (QED) is 0.676. The third kappa shape index (κ3) is 3.65. The van der Waals surface area contributed by atoms with Crippen molar-refractivity contribution in [2.45, 2.75) is 13.0 Å². The maximum Gasteiger partial charge on any atom is 0.284 e. The Hall–Kier alpha value is -3.02. The predicted octanol–water partition coefficient (Wildman–Crippen LogP) is 2.38. The van der Waals surface area contributed by atoms with Crippen LogP contribution in [0.3, 0.4) is 0 Å². The molecule has 1 atom stereocenters. The number of hydrazone groups is 1. The standard InChI is InChI=1S/C18H18N2O4/c1-2-22-14-8-4-3-7-13(14)11-19-20-18(21)17-12-23-15-9-5-6-10-16(15)24-17/h3-11,17H,2,12H2,1H3,(H,20,21). The summed E-state index contributed by atoms with van der Waals surface area (Å²) in [4.78, 5) is 12.1. The Bertz CT molecular complexity index is 745. The Morgan fingerprint density at radius 1 is 1.25 bits per heavy atom. The Morgan fingerprint density at radius 3 is 2.83 bits per heavy atom. The van der Waals surface area contributed by atoms with Crippen LogP contribution >= 0.6 is 0 Å². The molecular formula is C18H18N2O4. The van der Waals surface area contributed by atoms with Gasteiger partial charge in [-0.1, -0.05) is 24.3 Å². The first-order valence-corrected chi connectivity index (χ1v) is 7.71. The highest BCUT2D eigenvalue weighted by Gasteiger charge is 2.26. The van der Waals surface area contributed by atoms with Gasteiger partial charge in [-0.25, -0.2) is 5.43 Å². The van der Waals surface area contributed by atoms with Crippen LogP contribution in [-0.4, -0.2) is 31.4 Å². The topological polar surface area (TPSA) is 69.2 Å². The van der Waals surface area contributed by atoms with Gasteiger partial charge in [0.15, 0.2) is 11.5 Å². The third-order valence-electron chi connectivity index (χ3n) is 3.40. The fourth-order valence-corrected chi connectivity index (χ4v) is 2.26. The van der Waals surface area contributed by atoms with Gasteiger partial charge in [0.1, 0.15) is 12.4 Å². The lowest BCUT2D eigenvalue weighted by Gasteiger charge is -2.24. The van der Waals surface area contributed by atoms with Crippen molar-refractivity contribution in [1.82, 2.24) is 5.43 Å². The van der Waals surface area contributed by atoms with Gasteiger partial charge in [0.05, 0.1) is 12.8 Å². The number of benzene rings is 2. The summed E-state index contributed by atoms with van der Waals surface area (Å²) in [6, 6.07) is 14.7. The first-order valence-electron chi connectivity index (χ1n) is 7.71. The zero-order valence-corrected chi connectivity index (χ0v) is 13.3. The molecule has 1 unspecified atom stereocenters. The summed E-state index contributed by atoms with van der Waals surface area (Å²) in [5.74, 6) is 1.53. The van der Waals surface area contributed by atoms with Gasteiger partial charge in [-0.2, -0.15) is 5.10 Å². The van der Waals surface area contributed by atoms with E-state index in [0.717, 1.165) is 5.56 Å². The summed E-state index contributed by atoms with van der Waals surface area (Å²) in [6.45, 7) is 2.62. The van der Waals surface area contributed by atoms with Crippen LogP contribution in [0.1, 0.15) is 12.5 Å². The summed E-state index contributed by atoms with van der Waals surface area (Å²) in [5, 5.41) is 3.98. The van der Waals surface area contributed by atoms with E-state index in [1.165, 1.54) is 0 Å². The fourth-order valence-electron chi connectivity index (χ4n) is 2.26. The van der Waals surface area contributed by atoms with Crippen LogP contribution in [-0.2, 0) is 4.79 Å². The Balaban J connectivity index is 1.60. The van der Waals surface area contributed by atoms with Crippen LogP contribution in [0.2, 0.25) is 0 Å². The molecule has 0 spiro atoms. The second-order valence-electron chi connectivity index (χ2n) is 5.07. The van der Waals surface area contributed by atoms with E-state index in [9.17, 15) is 4.79 Å². The van der Waals surface area contributed by atoms with E-state index >= 15 is 0 Å². The number of nitrogens with one attached hydrogen (secondary N) is 1. The highest BCUT2D eigenvalue weighted by atomic mass is 16.6. The summed E-state index contributed by atoms with van der Waals surface area (Å²) < 4.78 is 16.6. The smallest absolute Gasteiger partial charge is 0.284 e. The second kappa shape index (κ2) is 7.50. The normalized spacial score (nSPS) is 16.0. The van der Waals surface area contributed by atoms with Gasteiger partial charge in [0, 0.05) is 5.56 Å². The zero-order chi connectivity index (χ0) is 16.8. The largest absolute Gasteiger partial charge is 0.493 e. The van der Waals surface area contributed by atoms with Gasteiger partial charge >= 0.3 is 0 Å². The van der Waals surface area contributed by atoms with Crippen LogP contribution < -0.4 is 19.6 Å². The molecule has 0 bridgehead atoms. The average molecular weight is 326 g/mol. The predicted molar refractivity (Wildman–Crippen MR) is 89.7 cm³/mol. The highest BCUT2D eigenvalue weighted by Crippen LogP contribution is 2.30. The lowest BCUT2D eigenvalue weighted by Crippen LogP contribution is -2.42. The molecule has 2 aromatic rings. The molecule has 1 N–H and O–H groups in total. The maximum atomic E-state index is 12.1. The molecular weight excluding hydrogens is 308 g/mol. The molecule has 2 aromatic carbocycles. The van der Waals surface area contributed by atoms with Crippen molar-refractivity contribution in [3.63, 3.8) is 0 Å². The van der Waals surface area contributed by atoms with Crippen molar-refractivity contribution in [2.75, 3.05) is 13.2 Å². The molecule has 0 fully saturated rings. The van der Waals surface area contributed by atoms with Gasteiger partial charge in [-0.15, -0.1) is 0 Å². The molecule has 1 aliphatic rings. The first kappa shape index (κ1) is 15.9. The van der Waals surface area contributed by atoms with Gasteiger partial charge in [-0.3, -0.25) is 4.79 Å². The third-order valence-corrected chi connectivity index (χ3v) is 3.40. The number of fused-ring (bicyclic) bond motifs is 1. The number of carbonyl (C=O) groups is 1. The minimum atomic E-state index is -0.737. The summed E-state index contributed by atoms with van der Waals surface area (Å²) >= 11 is 0. The van der Waals surface area contributed by atoms with Gasteiger partial charge in [-0.05, 0) is 31.2 Å². The number of amides is 1. The molecule has 3 rings (SSSR count). The van der Waals surface area contributed by atoms with Crippen molar-refractivity contribution < 1.29 is 19.0 Å². The zero-order valence-electron chi connectivity index (χ0n) is 13.3. The van der Waals surface area contributed by atoms with Crippen molar-refractivity contribution in [3.8, 4) is 17.2 Å². The molecule has 124 valence electrons. The van der Waals surface area contributed by atoms with Crippen LogP contribution in [0, 0.1) is 0 Å². The van der Waals surface area contributed by atoms with Gasteiger partial charge in [0.2, 0.25) is 6.10 Å². The van der Waals surface area contributed by atoms with E-state index in [-0.39, 0.29) is 12.5 Å². The van der Waals surface area contributed by atoms with Crippen molar-refractivity contribution >= 4 is 12.1 Å². The number of hydrogen-bond acceptors (Lipinski definition) is 5. The minimum absolute atomic E-state index is 0.147.